The van der Waals surface area contributed by atoms with Crippen molar-refractivity contribution < 1.29 is 40.3 Å². The lowest BCUT2D eigenvalue weighted by Crippen LogP contribution is -2.29. The molecule has 1 fully saturated rings. The number of aryl methyl sites for hydroxylation is 1. The highest BCUT2D eigenvalue weighted by atomic mass is 19.4. The summed E-state index contributed by atoms with van der Waals surface area (Å²) < 4.78 is 95.9. The summed E-state index contributed by atoms with van der Waals surface area (Å²) in [5.74, 6) is -4.72. The fraction of sp³-hybridized carbons (Fsp3) is 0.474. The molecule has 1 N–H and O–H groups in total. The van der Waals surface area contributed by atoms with Crippen molar-refractivity contribution in [1.82, 2.24) is 10.3 Å². The Morgan fingerprint density at radius 2 is 2.00 bits per heavy atom. The van der Waals surface area contributed by atoms with E-state index in [1.54, 1.807) is 0 Å². The summed E-state index contributed by atoms with van der Waals surface area (Å²) in [4.78, 5) is 16.1. The van der Waals surface area contributed by atoms with Crippen molar-refractivity contribution in [3.05, 3.63) is 35.0 Å². The monoisotopic (exact) mass is 438 g/mol. The van der Waals surface area contributed by atoms with Gasteiger partial charge in [0.2, 0.25) is 5.92 Å². The van der Waals surface area contributed by atoms with Gasteiger partial charge in [0.15, 0.2) is 0 Å². The normalized spacial score (nSPS) is 18.8. The standard InChI is InChI=1S/C19H17F7N2O2/c1-9-4-14(16(29)27-8-10-2-3-18(22,23)7-10)28-15-12(9)5-11(30-17(20)21)6-13(15)19(24,25)26/h4-6,10,17H,2-3,7-8H2,1H3,(H,27,29)/t10-/m1/s1. The topological polar surface area (TPSA) is 51.2 Å². The van der Waals surface area contributed by atoms with Crippen molar-refractivity contribution in [2.45, 2.75) is 44.9 Å². The number of carbonyl (C=O) groups excluding carboxylic acids is 1. The molecule has 1 saturated carbocycles. The zero-order valence-electron chi connectivity index (χ0n) is 15.6. The minimum Gasteiger partial charge on any atom is -0.435 e. The molecule has 2 aromatic rings. The van der Waals surface area contributed by atoms with Crippen molar-refractivity contribution in [2.24, 2.45) is 5.92 Å². The number of hydrogen-bond acceptors (Lipinski definition) is 3. The van der Waals surface area contributed by atoms with Gasteiger partial charge in [0.25, 0.3) is 5.91 Å². The summed E-state index contributed by atoms with van der Waals surface area (Å²) in [6.07, 6.45) is -5.37. The van der Waals surface area contributed by atoms with E-state index in [0.717, 1.165) is 6.07 Å². The van der Waals surface area contributed by atoms with Gasteiger partial charge in [-0.05, 0) is 43.0 Å². The van der Waals surface area contributed by atoms with Gasteiger partial charge in [-0.25, -0.2) is 13.8 Å². The van der Waals surface area contributed by atoms with Crippen LogP contribution in [0, 0.1) is 12.8 Å². The van der Waals surface area contributed by atoms with Gasteiger partial charge in [0.05, 0.1) is 11.1 Å². The smallest absolute Gasteiger partial charge is 0.418 e. The first-order valence-corrected chi connectivity index (χ1v) is 8.99. The third-order valence-corrected chi connectivity index (χ3v) is 4.91. The molecule has 1 aliphatic carbocycles. The molecule has 0 radical (unpaired) electrons. The van der Waals surface area contributed by atoms with Gasteiger partial charge in [0, 0.05) is 24.8 Å². The number of hydrogen-bond donors (Lipinski definition) is 1. The second-order valence-corrected chi connectivity index (χ2v) is 7.24. The van der Waals surface area contributed by atoms with E-state index in [2.05, 4.69) is 15.0 Å². The third kappa shape index (κ3) is 4.93. The van der Waals surface area contributed by atoms with E-state index < -0.39 is 47.4 Å². The van der Waals surface area contributed by atoms with Crippen LogP contribution < -0.4 is 10.1 Å². The van der Waals surface area contributed by atoms with Gasteiger partial charge < -0.3 is 10.1 Å². The summed E-state index contributed by atoms with van der Waals surface area (Å²) in [6.45, 7) is -1.98. The molecule has 11 heteroatoms. The van der Waals surface area contributed by atoms with E-state index in [0.29, 0.717) is 6.07 Å². The molecule has 1 heterocycles. The number of carbonyl (C=O) groups is 1. The maximum Gasteiger partial charge on any atom is 0.418 e. The number of halogens is 7. The largest absolute Gasteiger partial charge is 0.435 e. The Morgan fingerprint density at radius 1 is 1.30 bits per heavy atom. The van der Waals surface area contributed by atoms with E-state index in [1.165, 1.54) is 13.0 Å². The molecule has 1 aromatic heterocycles. The molecular weight excluding hydrogens is 421 g/mol. The summed E-state index contributed by atoms with van der Waals surface area (Å²) in [7, 11) is 0. The van der Waals surface area contributed by atoms with Crippen molar-refractivity contribution >= 4 is 16.8 Å². The van der Waals surface area contributed by atoms with Crippen molar-refractivity contribution in [1.29, 1.82) is 0 Å². The van der Waals surface area contributed by atoms with Gasteiger partial charge in [-0.2, -0.15) is 22.0 Å². The van der Waals surface area contributed by atoms with Crippen LogP contribution >= 0.6 is 0 Å². The first kappa shape index (κ1) is 22.1. The summed E-state index contributed by atoms with van der Waals surface area (Å²) in [5.41, 5.74) is -2.08. The van der Waals surface area contributed by atoms with Crippen LogP contribution in [0.3, 0.4) is 0 Å². The van der Waals surface area contributed by atoms with Gasteiger partial charge in [-0.15, -0.1) is 0 Å². The Kier molecular flexibility index (Phi) is 5.83. The second kappa shape index (κ2) is 7.92. The fourth-order valence-corrected chi connectivity index (χ4v) is 3.51. The third-order valence-electron chi connectivity index (χ3n) is 4.91. The average molecular weight is 438 g/mol. The predicted molar refractivity (Wildman–Crippen MR) is 92.7 cm³/mol. The number of amides is 1. The number of ether oxygens (including phenoxy) is 1. The van der Waals surface area contributed by atoms with Crippen LogP contribution in [-0.4, -0.2) is 30.0 Å². The molecule has 30 heavy (non-hydrogen) atoms. The molecule has 1 amide bonds. The molecule has 0 unspecified atom stereocenters. The van der Waals surface area contributed by atoms with Crippen LogP contribution in [-0.2, 0) is 6.18 Å². The zero-order valence-corrected chi connectivity index (χ0v) is 15.6. The zero-order chi connectivity index (χ0) is 22.3. The Bertz CT molecular complexity index is 960. The number of nitrogens with zero attached hydrogens (tertiary/aromatic N) is 1. The van der Waals surface area contributed by atoms with Crippen LogP contribution in [0.15, 0.2) is 18.2 Å². The fourth-order valence-electron chi connectivity index (χ4n) is 3.51. The molecule has 1 aromatic carbocycles. The van der Waals surface area contributed by atoms with Crippen LogP contribution in [0.25, 0.3) is 10.9 Å². The Balaban J connectivity index is 1.92. The lowest BCUT2D eigenvalue weighted by molar-refractivity contribution is -0.136. The number of benzene rings is 1. The number of aromatic nitrogens is 1. The van der Waals surface area contributed by atoms with Gasteiger partial charge in [0.1, 0.15) is 11.4 Å². The van der Waals surface area contributed by atoms with E-state index in [9.17, 15) is 35.5 Å². The summed E-state index contributed by atoms with van der Waals surface area (Å²) in [5, 5.41) is 2.32. The van der Waals surface area contributed by atoms with Crippen LogP contribution in [0.1, 0.15) is 40.9 Å². The summed E-state index contributed by atoms with van der Waals surface area (Å²) in [6, 6.07) is 2.58. The van der Waals surface area contributed by atoms with E-state index >= 15 is 0 Å². The molecule has 0 bridgehead atoms. The quantitative estimate of drug-likeness (QED) is 0.643. The molecular formula is C19H17F7N2O2. The van der Waals surface area contributed by atoms with E-state index in [1.807, 2.05) is 0 Å². The van der Waals surface area contributed by atoms with E-state index in [4.69, 9.17) is 0 Å². The van der Waals surface area contributed by atoms with Crippen molar-refractivity contribution in [3.8, 4) is 5.75 Å². The van der Waals surface area contributed by atoms with Gasteiger partial charge in [-0.3, -0.25) is 4.79 Å². The Morgan fingerprint density at radius 3 is 2.57 bits per heavy atom. The number of rotatable bonds is 5. The molecule has 4 nitrogen and oxygen atoms in total. The average Bonchev–Trinajstić information content (AvgIpc) is 2.97. The molecule has 1 atom stereocenters. The molecule has 0 saturated heterocycles. The van der Waals surface area contributed by atoms with Gasteiger partial charge >= 0.3 is 12.8 Å². The minimum absolute atomic E-state index is 0.0551. The van der Waals surface area contributed by atoms with Crippen LogP contribution in [0.2, 0.25) is 0 Å². The Hall–Kier alpha value is -2.59. The van der Waals surface area contributed by atoms with Crippen LogP contribution in [0.4, 0.5) is 30.7 Å². The van der Waals surface area contributed by atoms with Crippen LogP contribution in [0.5, 0.6) is 5.75 Å². The van der Waals surface area contributed by atoms with Crippen molar-refractivity contribution in [3.63, 3.8) is 0 Å². The van der Waals surface area contributed by atoms with Crippen molar-refractivity contribution in [2.75, 3.05) is 6.54 Å². The highest BCUT2D eigenvalue weighted by molar-refractivity contribution is 5.97. The Labute approximate surface area is 166 Å². The lowest BCUT2D eigenvalue weighted by atomic mass is 10.0. The molecule has 164 valence electrons. The van der Waals surface area contributed by atoms with E-state index in [-0.39, 0.29) is 42.5 Å². The minimum atomic E-state index is -4.94. The second-order valence-electron chi connectivity index (χ2n) is 7.24. The summed E-state index contributed by atoms with van der Waals surface area (Å²) >= 11 is 0. The number of nitrogens with one attached hydrogen (secondary N) is 1. The number of alkyl halides is 7. The predicted octanol–water partition coefficient (Wildman–Crippen LogP) is 5.33. The number of pyridine rings is 1. The highest BCUT2D eigenvalue weighted by Crippen LogP contribution is 2.39. The molecule has 1 aliphatic rings. The molecule has 0 spiro atoms. The molecule has 3 rings (SSSR count). The SMILES string of the molecule is Cc1cc(C(=O)NC[C@@H]2CCC(F)(F)C2)nc2c(C(F)(F)F)cc(OC(F)F)cc12. The lowest BCUT2D eigenvalue weighted by Gasteiger charge is -2.16. The number of fused-ring (bicyclic) bond motifs is 1. The first-order valence-electron chi connectivity index (χ1n) is 8.99. The first-order chi connectivity index (χ1) is 13.9. The van der Waals surface area contributed by atoms with Gasteiger partial charge in [-0.1, -0.05) is 0 Å². The highest BCUT2D eigenvalue weighted by Gasteiger charge is 2.39. The maximum atomic E-state index is 13.5. The maximum absolute atomic E-state index is 13.5. The molecule has 0 aliphatic heterocycles.